The Balaban J connectivity index is 2.13. The topological polar surface area (TPSA) is 17.1 Å². The van der Waals surface area contributed by atoms with Crippen LogP contribution in [0.4, 0.5) is 0 Å². The van der Waals surface area contributed by atoms with Gasteiger partial charge in [-0.3, -0.25) is 4.79 Å². The summed E-state index contributed by atoms with van der Waals surface area (Å²) < 4.78 is 0. The molecule has 0 unspecified atom stereocenters. The predicted octanol–water partition coefficient (Wildman–Crippen LogP) is 5.65. The molecule has 0 bridgehead atoms. The van der Waals surface area contributed by atoms with Gasteiger partial charge in [0.25, 0.3) is 0 Å². The van der Waals surface area contributed by atoms with Gasteiger partial charge in [-0.15, -0.1) is 0 Å². The van der Waals surface area contributed by atoms with Crippen LogP contribution in [0.1, 0.15) is 73.5 Å². The summed E-state index contributed by atoms with van der Waals surface area (Å²) in [6.07, 6.45) is 4.52. The minimum Gasteiger partial charge on any atom is -0.294 e. The van der Waals surface area contributed by atoms with E-state index in [0.29, 0.717) is 11.2 Å². The molecule has 2 rings (SSSR count). The molecule has 1 aromatic rings. The maximum absolute atomic E-state index is 12.9. The van der Waals surface area contributed by atoms with Crippen LogP contribution in [0.25, 0.3) is 0 Å². The molecule has 1 aromatic carbocycles. The Hall–Kier alpha value is -1.11. The lowest BCUT2D eigenvalue weighted by Gasteiger charge is -2.36. The van der Waals surface area contributed by atoms with E-state index in [-0.39, 0.29) is 5.92 Å². The first-order valence-electron chi connectivity index (χ1n) is 8.32. The molecule has 1 aliphatic rings. The van der Waals surface area contributed by atoms with Crippen LogP contribution in [0.5, 0.6) is 0 Å². The molecule has 0 atom stereocenters. The van der Waals surface area contributed by atoms with Crippen molar-refractivity contribution >= 4 is 5.78 Å². The zero-order chi connectivity index (χ0) is 15.8. The Kier molecular flexibility index (Phi) is 4.60. The summed E-state index contributed by atoms with van der Waals surface area (Å²) in [4.78, 5) is 12.9. The number of carbonyl (C=O) groups is 1. The van der Waals surface area contributed by atoms with Crippen molar-refractivity contribution in [2.24, 2.45) is 17.3 Å². The molecule has 1 saturated carbocycles. The van der Waals surface area contributed by atoms with Gasteiger partial charge < -0.3 is 0 Å². The number of hydrogen-bond donors (Lipinski definition) is 0. The predicted molar refractivity (Wildman–Crippen MR) is 89.9 cm³/mol. The van der Waals surface area contributed by atoms with Crippen LogP contribution in [0.3, 0.4) is 0 Å². The molecular formula is C20H30O. The molecule has 1 heteroatoms. The minimum absolute atomic E-state index is 0.240. The zero-order valence-corrected chi connectivity index (χ0v) is 14.5. The monoisotopic (exact) mass is 286 g/mol. The van der Waals surface area contributed by atoms with Crippen molar-refractivity contribution in [3.63, 3.8) is 0 Å². The number of carbonyl (C=O) groups excluding carboxylic acids is 1. The maximum atomic E-state index is 12.9. The van der Waals surface area contributed by atoms with Gasteiger partial charge in [-0.1, -0.05) is 38.5 Å². The lowest BCUT2D eigenvalue weighted by molar-refractivity contribution is 0.0818. The molecule has 0 N–H and O–H groups in total. The Morgan fingerprint density at radius 1 is 0.952 bits per heavy atom. The smallest absolute Gasteiger partial charge is 0.166 e. The normalized spacial score (nSPS) is 23.1. The van der Waals surface area contributed by atoms with E-state index in [0.717, 1.165) is 35.4 Å². The van der Waals surface area contributed by atoms with E-state index >= 15 is 0 Å². The highest BCUT2D eigenvalue weighted by Gasteiger charge is 2.33. The lowest BCUT2D eigenvalue weighted by Crippen LogP contribution is -2.29. The molecule has 0 aliphatic heterocycles. The van der Waals surface area contributed by atoms with E-state index < -0.39 is 0 Å². The summed E-state index contributed by atoms with van der Waals surface area (Å²) >= 11 is 0. The third-order valence-electron chi connectivity index (χ3n) is 5.25. The van der Waals surface area contributed by atoms with Gasteiger partial charge in [0.1, 0.15) is 0 Å². The molecule has 1 nitrogen and oxygen atoms in total. The number of aryl methyl sites for hydroxylation is 3. The van der Waals surface area contributed by atoms with Crippen molar-refractivity contribution in [1.29, 1.82) is 0 Å². The van der Waals surface area contributed by atoms with Crippen molar-refractivity contribution in [3.05, 3.63) is 34.4 Å². The van der Waals surface area contributed by atoms with Gasteiger partial charge in [0, 0.05) is 11.5 Å². The first kappa shape index (κ1) is 16.3. The number of Topliss-reactive ketones (excluding diaryl/α,β-unsaturated/α-hetero) is 1. The molecule has 0 saturated heterocycles. The summed E-state index contributed by atoms with van der Waals surface area (Å²) in [5, 5.41) is 0. The summed E-state index contributed by atoms with van der Waals surface area (Å²) in [5.74, 6) is 1.39. The van der Waals surface area contributed by atoms with E-state index in [1.165, 1.54) is 18.4 Å². The Morgan fingerprint density at radius 2 is 1.43 bits per heavy atom. The fourth-order valence-electron chi connectivity index (χ4n) is 3.99. The quantitative estimate of drug-likeness (QED) is 0.642. The van der Waals surface area contributed by atoms with Crippen molar-refractivity contribution in [3.8, 4) is 0 Å². The zero-order valence-electron chi connectivity index (χ0n) is 14.5. The van der Waals surface area contributed by atoms with Crippen LogP contribution < -0.4 is 0 Å². The molecule has 116 valence electrons. The summed E-state index contributed by atoms with van der Waals surface area (Å²) in [6.45, 7) is 13.2. The fourth-order valence-corrected chi connectivity index (χ4v) is 3.99. The SMILES string of the molecule is Cc1cc(C)c(C(=O)C2CCC(C(C)(C)C)CC2)c(C)c1. The number of benzene rings is 1. The van der Waals surface area contributed by atoms with Gasteiger partial charge >= 0.3 is 0 Å². The molecule has 1 fully saturated rings. The van der Waals surface area contributed by atoms with Gasteiger partial charge in [-0.05, 0) is 68.9 Å². The second-order valence-corrected chi connectivity index (χ2v) is 8.05. The van der Waals surface area contributed by atoms with Gasteiger partial charge in [0.15, 0.2) is 5.78 Å². The molecule has 1 aliphatic carbocycles. The molecule has 0 amide bonds. The van der Waals surface area contributed by atoms with Crippen molar-refractivity contribution in [1.82, 2.24) is 0 Å². The highest BCUT2D eigenvalue weighted by Crippen LogP contribution is 2.41. The average molecular weight is 286 g/mol. The van der Waals surface area contributed by atoms with Crippen molar-refractivity contribution < 1.29 is 4.79 Å². The molecule has 21 heavy (non-hydrogen) atoms. The maximum Gasteiger partial charge on any atom is 0.166 e. The van der Waals surface area contributed by atoms with Crippen LogP contribution in [0.2, 0.25) is 0 Å². The molecule has 0 aromatic heterocycles. The average Bonchev–Trinajstić information content (AvgIpc) is 2.36. The third-order valence-corrected chi connectivity index (χ3v) is 5.25. The number of ketones is 1. The van der Waals surface area contributed by atoms with E-state index in [1.54, 1.807) is 0 Å². The molecule has 0 heterocycles. The molecular weight excluding hydrogens is 256 g/mol. The lowest BCUT2D eigenvalue weighted by atomic mass is 9.68. The largest absolute Gasteiger partial charge is 0.294 e. The fraction of sp³-hybridized carbons (Fsp3) is 0.650. The highest BCUT2D eigenvalue weighted by atomic mass is 16.1. The van der Waals surface area contributed by atoms with Crippen molar-refractivity contribution in [2.45, 2.75) is 67.2 Å². The van der Waals surface area contributed by atoms with Gasteiger partial charge in [-0.2, -0.15) is 0 Å². The molecule has 0 spiro atoms. The van der Waals surface area contributed by atoms with E-state index in [9.17, 15) is 4.79 Å². The molecule has 0 radical (unpaired) electrons. The number of hydrogen-bond acceptors (Lipinski definition) is 1. The third kappa shape index (κ3) is 3.56. The Morgan fingerprint density at radius 3 is 1.86 bits per heavy atom. The first-order chi connectivity index (χ1) is 9.70. The Labute approximate surface area is 130 Å². The Bertz CT molecular complexity index is 502. The second-order valence-electron chi connectivity index (χ2n) is 8.05. The van der Waals surface area contributed by atoms with Crippen molar-refractivity contribution in [2.75, 3.05) is 0 Å². The highest BCUT2D eigenvalue weighted by molar-refractivity contribution is 6.00. The van der Waals surface area contributed by atoms with E-state index in [2.05, 4.69) is 53.7 Å². The van der Waals surface area contributed by atoms with E-state index in [4.69, 9.17) is 0 Å². The van der Waals surface area contributed by atoms with Gasteiger partial charge in [0.05, 0.1) is 0 Å². The number of rotatable bonds is 2. The van der Waals surface area contributed by atoms with Crippen LogP contribution in [0, 0.1) is 38.0 Å². The van der Waals surface area contributed by atoms with Crippen LogP contribution in [-0.4, -0.2) is 5.78 Å². The van der Waals surface area contributed by atoms with E-state index in [1.807, 2.05) is 0 Å². The van der Waals surface area contributed by atoms with Crippen LogP contribution in [-0.2, 0) is 0 Å². The summed E-state index contributed by atoms with van der Waals surface area (Å²) in [5.41, 5.74) is 4.91. The summed E-state index contributed by atoms with van der Waals surface area (Å²) in [7, 11) is 0. The minimum atomic E-state index is 0.240. The van der Waals surface area contributed by atoms with Crippen LogP contribution >= 0.6 is 0 Å². The van der Waals surface area contributed by atoms with Gasteiger partial charge in [-0.25, -0.2) is 0 Å². The van der Waals surface area contributed by atoms with Crippen LogP contribution in [0.15, 0.2) is 12.1 Å². The second kappa shape index (κ2) is 5.94. The van der Waals surface area contributed by atoms with Gasteiger partial charge in [0.2, 0.25) is 0 Å². The first-order valence-corrected chi connectivity index (χ1v) is 8.32. The standard InChI is InChI=1S/C20H30O/c1-13-11-14(2)18(15(3)12-13)19(21)16-7-9-17(10-8-16)20(4,5)6/h11-12,16-17H,7-10H2,1-6H3. The summed E-state index contributed by atoms with van der Waals surface area (Å²) in [6, 6.07) is 4.28.